The zero-order chi connectivity index (χ0) is 16.7. The molecular formula is C19H15N3OS. The highest BCUT2D eigenvalue weighted by atomic mass is 32.1. The maximum atomic E-state index is 11.6. The van der Waals surface area contributed by atoms with Crippen molar-refractivity contribution in [1.82, 2.24) is 14.5 Å². The molecule has 5 heteroatoms. The number of ketones is 1. The van der Waals surface area contributed by atoms with Crippen LogP contribution >= 0.6 is 11.3 Å². The average molecular weight is 333 g/mol. The van der Waals surface area contributed by atoms with Gasteiger partial charge in [-0.2, -0.15) is 0 Å². The topological polar surface area (TPSA) is 47.8 Å². The van der Waals surface area contributed by atoms with Gasteiger partial charge in [0.05, 0.1) is 11.0 Å². The number of nitrogens with zero attached hydrogens (tertiary/aromatic N) is 3. The molecule has 0 amide bonds. The standard InChI is InChI=1S/C19H15N3OS/c1-12(23)14-6-7-18-17(11-14)21-13(2)22(18)16-5-3-4-15(10-16)19-20-8-9-24-19/h3-11H,1-2H3. The Kier molecular flexibility index (Phi) is 3.50. The number of hydrogen-bond donors (Lipinski definition) is 0. The summed E-state index contributed by atoms with van der Waals surface area (Å²) in [5, 5.41) is 2.97. The molecule has 0 aliphatic heterocycles. The van der Waals surface area contributed by atoms with Crippen LogP contribution < -0.4 is 0 Å². The van der Waals surface area contributed by atoms with Crippen molar-refractivity contribution in [1.29, 1.82) is 0 Å². The third kappa shape index (κ3) is 2.43. The van der Waals surface area contributed by atoms with Gasteiger partial charge in [0.1, 0.15) is 10.8 Å². The minimum absolute atomic E-state index is 0.0508. The molecule has 0 fully saturated rings. The van der Waals surface area contributed by atoms with E-state index in [1.165, 1.54) is 0 Å². The predicted molar refractivity (Wildman–Crippen MR) is 96.9 cm³/mol. The molecule has 0 unspecified atom stereocenters. The molecule has 0 aliphatic rings. The first-order chi connectivity index (χ1) is 11.6. The van der Waals surface area contributed by atoms with Crippen LogP contribution in [0.15, 0.2) is 54.0 Å². The summed E-state index contributed by atoms with van der Waals surface area (Å²) in [5.74, 6) is 0.942. The van der Waals surface area contributed by atoms with Gasteiger partial charge in [0.15, 0.2) is 5.78 Å². The number of carbonyl (C=O) groups is 1. The lowest BCUT2D eigenvalue weighted by Gasteiger charge is -2.08. The van der Waals surface area contributed by atoms with Crippen LogP contribution in [-0.2, 0) is 0 Å². The number of rotatable bonds is 3. The van der Waals surface area contributed by atoms with Crippen molar-refractivity contribution in [2.24, 2.45) is 0 Å². The second kappa shape index (κ2) is 5.69. The van der Waals surface area contributed by atoms with Crippen molar-refractivity contribution >= 4 is 28.2 Å². The first-order valence-electron chi connectivity index (χ1n) is 7.64. The van der Waals surface area contributed by atoms with Crippen LogP contribution in [-0.4, -0.2) is 20.3 Å². The number of aryl methyl sites for hydroxylation is 1. The maximum absolute atomic E-state index is 11.6. The molecule has 0 bridgehead atoms. The smallest absolute Gasteiger partial charge is 0.159 e. The number of thiazole rings is 1. The zero-order valence-corrected chi connectivity index (χ0v) is 14.2. The van der Waals surface area contributed by atoms with Gasteiger partial charge in [-0.05, 0) is 44.2 Å². The predicted octanol–water partition coefficient (Wildman–Crippen LogP) is 4.66. The van der Waals surface area contributed by atoms with Crippen molar-refractivity contribution in [2.75, 3.05) is 0 Å². The summed E-state index contributed by atoms with van der Waals surface area (Å²) >= 11 is 1.62. The first kappa shape index (κ1) is 14.8. The molecule has 0 spiro atoms. The molecular weight excluding hydrogens is 318 g/mol. The molecule has 4 rings (SSSR count). The van der Waals surface area contributed by atoms with Gasteiger partial charge in [-0.3, -0.25) is 9.36 Å². The molecule has 0 saturated heterocycles. The Bertz CT molecular complexity index is 1050. The number of fused-ring (bicyclic) bond motifs is 1. The van der Waals surface area contributed by atoms with Gasteiger partial charge in [0.25, 0.3) is 0 Å². The second-order valence-corrected chi connectivity index (χ2v) is 6.54. The van der Waals surface area contributed by atoms with Gasteiger partial charge in [-0.25, -0.2) is 9.97 Å². The van der Waals surface area contributed by atoms with Crippen LogP contribution in [0.1, 0.15) is 23.1 Å². The fraction of sp³-hybridized carbons (Fsp3) is 0.105. The Morgan fingerprint density at radius 1 is 1.17 bits per heavy atom. The SMILES string of the molecule is CC(=O)c1ccc2c(c1)nc(C)n2-c1cccc(-c2nccs2)c1. The number of benzene rings is 2. The lowest BCUT2D eigenvalue weighted by Crippen LogP contribution is -1.97. The van der Waals surface area contributed by atoms with Crippen LogP contribution in [0, 0.1) is 6.92 Å². The molecule has 0 aliphatic carbocycles. The van der Waals surface area contributed by atoms with Crippen molar-refractivity contribution < 1.29 is 4.79 Å². The van der Waals surface area contributed by atoms with Crippen molar-refractivity contribution in [2.45, 2.75) is 13.8 Å². The molecule has 0 saturated carbocycles. The third-order valence-electron chi connectivity index (χ3n) is 4.01. The zero-order valence-electron chi connectivity index (χ0n) is 13.4. The van der Waals surface area contributed by atoms with E-state index in [1.807, 2.05) is 42.8 Å². The van der Waals surface area contributed by atoms with Gasteiger partial charge in [-0.15, -0.1) is 11.3 Å². The minimum Gasteiger partial charge on any atom is -0.297 e. The Balaban J connectivity index is 1.89. The summed E-state index contributed by atoms with van der Waals surface area (Å²) in [7, 11) is 0. The summed E-state index contributed by atoms with van der Waals surface area (Å²) in [6, 6.07) is 13.9. The average Bonchev–Trinajstić information content (AvgIpc) is 3.21. The quantitative estimate of drug-likeness (QED) is 0.512. The lowest BCUT2D eigenvalue weighted by molar-refractivity contribution is 0.101. The molecule has 2 aromatic carbocycles. The fourth-order valence-corrected chi connectivity index (χ4v) is 3.53. The van der Waals surface area contributed by atoms with Crippen LogP contribution in [0.5, 0.6) is 0 Å². The van der Waals surface area contributed by atoms with Crippen LogP contribution in [0.4, 0.5) is 0 Å². The van der Waals surface area contributed by atoms with E-state index in [0.717, 1.165) is 33.1 Å². The molecule has 2 aromatic heterocycles. The molecule has 0 N–H and O–H groups in total. The Labute approximate surface area is 143 Å². The minimum atomic E-state index is 0.0508. The van der Waals surface area contributed by atoms with Gasteiger partial charge >= 0.3 is 0 Å². The fourth-order valence-electron chi connectivity index (χ4n) is 2.89. The molecule has 2 heterocycles. The molecule has 0 atom stereocenters. The van der Waals surface area contributed by atoms with Crippen molar-refractivity contribution in [3.8, 4) is 16.3 Å². The highest BCUT2D eigenvalue weighted by Crippen LogP contribution is 2.27. The van der Waals surface area contributed by atoms with Crippen LogP contribution in [0.3, 0.4) is 0 Å². The van der Waals surface area contributed by atoms with Gasteiger partial charge in [0, 0.05) is 28.4 Å². The Hall–Kier alpha value is -2.79. The molecule has 24 heavy (non-hydrogen) atoms. The molecule has 4 aromatic rings. The number of aromatic nitrogens is 3. The number of Topliss-reactive ketones (excluding diaryl/α,β-unsaturated/α-hetero) is 1. The van der Waals surface area contributed by atoms with E-state index in [-0.39, 0.29) is 5.78 Å². The largest absolute Gasteiger partial charge is 0.297 e. The highest BCUT2D eigenvalue weighted by molar-refractivity contribution is 7.13. The molecule has 4 nitrogen and oxygen atoms in total. The van der Waals surface area contributed by atoms with Gasteiger partial charge < -0.3 is 0 Å². The van der Waals surface area contributed by atoms with Crippen molar-refractivity contribution in [3.63, 3.8) is 0 Å². The Morgan fingerprint density at radius 3 is 2.79 bits per heavy atom. The Morgan fingerprint density at radius 2 is 2.04 bits per heavy atom. The summed E-state index contributed by atoms with van der Waals surface area (Å²) < 4.78 is 2.11. The van der Waals surface area contributed by atoms with E-state index in [0.29, 0.717) is 5.56 Å². The van der Waals surface area contributed by atoms with Gasteiger partial charge in [-0.1, -0.05) is 12.1 Å². The molecule has 118 valence electrons. The van der Waals surface area contributed by atoms with E-state index in [1.54, 1.807) is 18.3 Å². The third-order valence-corrected chi connectivity index (χ3v) is 4.83. The van der Waals surface area contributed by atoms with Crippen molar-refractivity contribution in [3.05, 3.63) is 65.4 Å². The maximum Gasteiger partial charge on any atom is 0.159 e. The first-order valence-corrected chi connectivity index (χ1v) is 8.52. The monoisotopic (exact) mass is 333 g/mol. The van der Waals surface area contributed by atoms with Gasteiger partial charge in [0.2, 0.25) is 0 Å². The summed E-state index contributed by atoms with van der Waals surface area (Å²) in [6.45, 7) is 3.55. The van der Waals surface area contributed by atoms with E-state index in [2.05, 4.69) is 32.7 Å². The van der Waals surface area contributed by atoms with E-state index >= 15 is 0 Å². The molecule has 0 radical (unpaired) electrons. The van der Waals surface area contributed by atoms with Crippen LogP contribution in [0.2, 0.25) is 0 Å². The second-order valence-electron chi connectivity index (χ2n) is 5.64. The van der Waals surface area contributed by atoms with E-state index in [4.69, 9.17) is 0 Å². The summed E-state index contributed by atoms with van der Waals surface area (Å²) in [6.07, 6.45) is 1.81. The lowest BCUT2D eigenvalue weighted by atomic mass is 10.1. The van der Waals surface area contributed by atoms with E-state index < -0.39 is 0 Å². The number of carbonyl (C=O) groups excluding carboxylic acids is 1. The summed E-state index contributed by atoms with van der Waals surface area (Å²) in [4.78, 5) is 20.6. The number of imidazole rings is 1. The number of hydrogen-bond acceptors (Lipinski definition) is 4. The highest BCUT2D eigenvalue weighted by Gasteiger charge is 2.12. The van der Waals surface area contributed by atoms with Crippen LogP contribution in [0.25, 0.3) is 27.3 Å². The van der Waals surface area contributed by atoms with E-state index in [9.17, 15) is 4.79 Å². The summed E-state index contributed by atoms with van der Waals surface area (Å²) in [5.41, 5.74) is 4.64. The normalized spacial score (nSPS) is 11.1.